The average molecular weight is 536 g/mol. The van der Waals surface area contributed by atoms with Crippen LogP contribution in [-0.4, -0.2) is 71.5 Å². The first-order chi connectivity index (χ1) is 18.0. The Morgan fingerprint density at radius 1 is 1.11 bits per heavy atom. The van der Waals surface area contributed by atoms with Crippen molar-refractivity contribution in [2.24, 2.45) is 17.6 Å². The fourth-order valence-corrected chi connectivity index (χ4v) is 6.04. The highest BCUT2D eigenvalue weighted by Crippen LogP contribution is 2.49. The van der Waals surface area contributed by atoms with Gasteiger partial charge in [-0.25, -0.2) is 4.39 Å². The van der Waals surface area contributed by atoms with Crippen molar-refractivity contribution in [1.29, 1.82) is 0 Å². The zero-order valence-electron chi connectivity index (χ0n) is 21.3. The lowest BCUT2D eigenvalue weighted by atomic mass is 9.66. The van der Waals surface area contributed by atoms with Crippen molar-refractivity contribution in [1.82, 2.24) is 9.80 Å². The summed E-state index contributed by atoms with van der Waals surface area (Å²) in [4.78, 5) is 30.5. The highest BCUT2D eigenvalue weighted by atomic mass is 19.4. The molecule has 2 fully saturated rings. The molecular weight excluding hydrogens is 502 g/mol. The van der Waals surface area contributed by atoms with Crippen LogP contribution < -0.4 is 5.73 Å². The Labute approximate surface area is 219 Å². The number of amides is 1. The summed E-state index contributed by atoms with van der Waals surface area (Å²) in [5.41, 5.74) is 6.08. The second-order valence-electron chi connectivity index (χ2n) is 10.2. The summed E-state index contributed by atoms with van der Waals surface area (Å²) in [6, 6.07) is 7.56. The number of carbonyl (C=O) groups is 2. The van der Waals surface area contributed by atoms with E-state index in [1.54, 1.807) is 0 Å². The number of piperidine rings is 1. The fourth-order valence-electron chi connectivity index (χ4n) is 6.04. The van der Waals surface area contributed by atoms with Crippen molar-refractivity contribution in [2.45, 2.75) is 44.3 Å². The largest absolute Gasteiger partial charge is 0.508 e. The second-order valence-corrected chi connectivity index (χ2v) is 10.2. The Morgan fingerprint density at radius 2 is 1.79 bits per heavy atom. The molecule has 10 heteroatoms. The SMILES string of the molecule is Cc1c(F)cccc1[C@H]1[C@H](C(=O)N2CCCC2)[C@@H](C(F)(F)F)N(CCCN)C[C@@H]1C(=O)c1cccc(O)c1. The van der Waals surface area contributed by atoms with Gasteiger partial charge in [0.15, 0.2) is 5.78 Å². The number of nitrogens with zero attached hydrogens (tertiary/aromatic N) is 2. The lowest BCUT2D eigenvalue weighted by molar-refractivity contribution is -0.214. The van der Waals surface area contributed by atoms with Crippen molar-refractivity contribution >= 4 is 11.7 Å². The number of halogens is 4. The van der Waals surface area contributed by atoms with Crippen LogP contribution in [0.2, 0.25) is 0 Å². The maximum atomic E-state index is 14.9. The summed E-state index contributed by atoms with van der Waals surface area (Å²) in [6.07, 6.45) is -3.18. The molecule has 0 bridgehead atoms. The minimum atomic E-state index is -4.78. The number of alkyl halides is 3. The zero-order valence-corrected chi connectivity index (χ0v) is 21.3. The number of benzene rings is 2. The molecule has 0 unspecified atom stereocenters. The van der Waals surface area contributed by atoms with Crippen molar-refractivity contribution in [3.8, 4) is 5.75 Å². The zero-order chi connectivity index (χ0) is 27.6. The quantitative estimate of drug-likeness (QED) is 0.409. The molecule has 4 atom stereocenters. The number of carbonyl (C=O) groups excluding carboxylic acids is 2. The molecule has 2 aromatic carbocycles. The summed E-state index contributed by atoms with van der Waals surface area (Å²) < 4.78 is 59.3. The van der Waals surface area contributed by atoms with Gasteiger partial charge in [0.05, 0.1) is 5.92 Å². The lowest BCUT2D eigenvalue weighted by Gasteiger charge is -2.50. The minimum Gasteiger partial charge on any atom is -0.508 e. The molecule has 6 nitrogen and oxygen atoms in total. The Hall–Kier alpha value is -2.98. The van der Waals surface area contributed by atoms with Gasteiger partial charge in [-0.05, 0) is 62.1 Å². The van der Waals surface area contributed by atoms with Crippen LogP contribution in [0.3, 0.4) is 0 Å². The van der Waals surface area contributed by atoms with Gasteiger partial charge in [-0.1, -0.05) is 24.3 Å². The molecule has 2 heterocycles. The summed E-state index contributed by atoms with van der Waals surface area (Å²) in [5, 5.41) is 9.99. The maximum Gasteiger partial charge on any atom is 0.404 e. The van der Waals surface area contributed by atoms with Gasteiger partial charge >= 0.3 is 6.18 Å². The van der Waals surface area contributed by atoms with E-state index < -0.39 is 47.5 Å². The van der Waals surface area contributed by atoms with E-state index in [4.69, 9.17) is 5.73 Å². The van der Waals surface area contributed by atoms with E-state index in [1.807, 2.05) is 0 Å². The number of phenols is 1. The van der Waals surface area contributed by atoms with Crippen LogP contribution in [0.25, 0.3) is 0 Å². The number of rotatable bonds is 7. The smallest absolute Gasteiger partial charge is 0.404 e. The van der Waals surface area contributed by atoms with Gasteiger partial charge in [0, 0.05) is 43.6 Å². The molecule has 38 heavy (non-hydrogen) atoms. The van der Waals surface area contributed by atoms with Gasteiger partial charge in [-0.15, -0.1) is 0 Å². The summed E-state index contributed by atoms with van der Waals surface area (Å²) in [7, 11) is 0. The van der Waals surface area contributed by atoms with Crippen molar-refractivity contribution in [3.63, 3.8) is 0 Å². The molecule has 2 aromatic rings. The van der Waals surface area contributed by atoms with E-state index >= 15 is 0 Å². The first-order valence-electron chi connectivity index (χ1n) is 12.9. The topological polar surface area (TPSA) is 86.9 Å². The van der Waals surface area contributed by atoms with Crippen molar-refractivity contribution in [2.75, 3.05) is 32.7 Å². The van der Waals surface area contributed by atoms with Gasteiger partial charge in [0.1, 0.15) is 17.6 Å². The van der Waals surface area contributed by atoms with Crippen LogP contribution in [0.5, 0.6) is 5.75 Å². The number of phenolic OH excluding ortho intramolecular Hbond substituents is 1. The van der Waals surface area contributed by atoms with Crippen LogP contribution in [0.1, 0.15) is 46.7 Å². The van der Waals surface area contributed by atoms with Crippen LogP contribution >= 0.6 is 0 Å². The van der Waals surface area contributed by atoms with Gasteiger partial charge in [-0.3, -0.25) is 14.5 Å². The molecule has 206 valence electrons. The lowest BCUT2D eigenvalue weighted by Crippen LogP contribution is -2.63. The Balaban J connectivity index is 1.93. The van der Waals surface area contributed by atoms with Gasteiger partial charge in [0.25, 0.3) is 0 Å². The third-order valence-electron chi connectivity index (χ3n) is 7.81. The predicted molar refractivity (Wildman–Crippen MR) is 134 cm³/mol. The molecule has 0 radical (unpaired) electrons. The van der Waals surface area contributed by atoms with E-state index in [1.165, 1.54) is 54.3 Å². The Kier molecular flexibility index (Phi) is 8.42. The van der Waals surface area contributed by atoms with Crippen molar-refractivity contribution < 1.29 is 32.3 Å². The average Bonchev–Trinajstić information content (AvgIpc) is 3.42. The highest BCUT2D eigenvalue weighted by molar-refractivity contribution is 5.99. The normalized spacial score (nSPS) is 24.5. The van der Waals surface area contributed by atoms with E-state index in [9.17, 15) is 32.3 Å². The maximum absolute atomic E-state index is 14.9. The number of hydrogen-bond acceptors (Lipinski definition) is 5. The molecule has 0 spiro atoms. The fraction of sp³-hybridized carbons (Fsp3) is 0.500. The molecular formula is C28H33F4N3O3. The number of hydrogen-bond donors (Lipinski definition) is 2. The standard InChI is InChI=1S/C28H33F4N3O3/c1-17-20(9-5-10-22(17)29)23-21(25(37)18-7-4-8-19(36)15-18)16-35(14-6-11-33)26(28(30,31)32)24(23)27(38)34-12-2-3-13-34/h4-5,7-10,15,21,23-24,26,36H,2-3,6,11-14,16,33H2,1H3/t21-,23+,24-,26-/m0/s1. The molecule has 3 N–H and O–H groups in total. The van der Waals surface area contributed by atoms with Gasteiger partial charge in [-0.2, -0.15) is 13.2 Å². The Bertz CT molecular complexity index is 1170. The molecule has 2 saturated heterocycles. The Morgan fingerprint density at radius 3 is 2.42 bits per heavy atom. The summed E-state index contributed by atoms with van der Waals surface area (Å²) in [5.74, 6) is -5.95. The first-order valence-corrected chi connectivity index (χ1v) is 12.9. The molecule has 2 aliphatic rings. The van der Waals surface area contributed by atoms with Gasteiger partial charge < -0.3 is 15.7 Å². The molecule has 0 saturated carbocycles. The van der Waals surface area contributed by atoms with Crippen LogP contribution in [0.4, 0.5) is 17.6 Å². The van der Waals surface area contributed by atoms with Crippen LogP contribution in [0.15, 0.2) is 42.5 Å². The third kappa shape index (κ3) is 5.56. The number of likely N-dealkylation sites (tertiary alicyclic amines) is 2. The van der Waals surface area contributed by atoms with Crippen LogP contribution in [0, 0.1) is 24.6 Å². The number of ketones is 1. The van der Waals surface area contributed by atoms with E-state index in [0.717, 1.165) is 4.90 Å². The minimum absolute atomic E-state index is 0.0525. The van der Waals surface area contributed by atoms with Gasteiger partial charge in [0.2, 0.25) is 5.91 Å². The van der Waals surface area contributed by atoms with Crippen LogP contribution in [-0.2, 0) is 4.79 Å². The number of aromatic hydroxyl groups is 1. The first kappa shape index (κ1) is 28.0. The monoisotopic (exact) mass is 535 g/mol. The van der Waals surface area contributed by atoms with E-state index in [2.05, 4.69) is 0 Å². The third-order valence-corrected chi connectivity index (χ3v) is 7.81. The number of nitrogens with two attached hydrogens (primary N) is 1. The summed E-state index contributed by atoms with van der Waals surface area (Å²) >= 11 is 0. The second kappa shape index (κ2) is 11.4. The highest BCUT2D eigenvalue weighted by Gasteiger charge is 2.60. The summed E-state index contributed by atoms with van der Waals surface area (Å²) in [6.45, 7) is 1.93. The molecule has 0 aliphatic carbocycles. The molecule has 4 rings (SSSR count). The van der Waals surface area contributed by atoms with E-state index in [-0.39, 0.29) is 48.5 Å². The predicted octanol–water partition coefficient (Wildman–Crippen LogP) is 4.26. The van der Waals surface area contributed by atoms with E-state index in [0.29, 0.717) is 25.9 Å². The molecule has 2 aliphatic heterocycles. The molecule has 1 amide bonds. The molecule has 0 aromatic heterocycles. The van der Waals surface area contributed by atoms with Crippen molar-refractivity contribution in [3.05, 3.63) is 65.0 Å². The number of Topliss-reactive ketones (excluding diaryl/α,β-unsaturated/α-hetero) is 1.